The van der Waals surface area contributed by atoms with Gasteiger partial charge in [0.2, 0.25) is 9.84 Å². The van der Waals surface area contributed by atoms with Crippen LogP contribution in [0.1, 0.15) is 12.1 Å². The van der Waals surface area contributed by atoms with Crippen molar-refractivity contribution >= 4 is 27.3 Å². The van der Waals surface area contributed by atoms with Crippen LogP contribution in [0.15, 0.2) is 58.3 Å². The second-order valence-electron chi connectivity index (χ2n) is 5.95. The Hall–Kier alpha value is -2.91. The van der Waals surface area contributed by atoms with Crippen molar-refractivity contribution in [2.75, 3.05) is 23.8 Å². The van der Waals surface area contributed by atoms with Crippen molar-refractivity contribution in [1.29, 1.82) is 0 Å². The maximum Gasteiger partial charge on any atom is 0.206 e. The lowest BCUT2D eigenvalue weighted by Gasteiger charge is -2.12. The summed E-state index contributed by atoms with van der Waals surface area (Å²) in [6.07, 6.45) is 0.526. The van der Waals surface area contributed by atoms with Crippen LogP contribution < -0.4 is 10.6 Å². The molecular weight excluding hydrogens is 366 g/mol. The SMILES string of the molecule is Cc1cc(Nc2cc(S(=O)(=O)c3ccccc3)cc(NCCCO)n2)n[nH]1. The summed E-state index contributed by atoms with van der Waals surface area (Å²) in [6, 6.07) is 13.0. The van der Waals surface area contributed by atoms with E-state index in [9.17, 15) is 8.42 Å². The minimum Gasteiger partial charge on any atom is -0.396 e. The van der Waals surface area contributed by atoms with E-state index in [0.717, 1.165) is 5.69 Å². The molecule has 0 aliphatic heterocycles. The van der Waals surface area contributed by atoms with E-state index in [1.165, 1.54) is 12.1 Å². The van der Waals surface area contributed by atoms with Crippen LogP contribution in [-0.2, 0) is 9.84 Å². The number of sulfone groups is 1. The van der Waals surface area contributed by atoms with Crippen LogP contribution in [0.2, 0.25) is 0 Å². The number of hydrogen-bond acceptors (Lipinski definition) is 7. The number of nitrogens with zero attached hydrogens (tertiary/aromatic N) is 2. The number of benzene rings is 1. The number of H-pyrrole nitrogens is 1. The number of aryl methyl sites for hydroxylation is 1. The van der Waals surface area contributed by atoms with Gasteiger partial charge in [-0.15, -0.1) is 0 Å². The molecule has 3 rings (SSSR count). The molecule has 0 fully saturated rings. The Labute approximate surface area is 157 Å². The molecule has 1 aromatic carbocycles. The van der Waals surface area contributed by atoms with Gasteiger partial charge in [-0.3, -0.25) is 5.10 Å². The highest BCUT2D eigenvalue weighted by atomic mass is 32.2. The Bertz CT molecular complexity index is 1000. The van der Waals surface area contributed by atoms with E-state index < -0.39 is 9.84 Å². The lowest BCUT2D eigenvalue weighted by molar-refractivity contribution is 0.292. The molecule has 0 aliphatic carbocycles. The number of aliphatic hydroxyl groups is 1. The number of anilines is 3. The first kappa shape index (κ1) is 18.9. The number of aromatic nitrogens is 3. The van der Waals surface area contributed by atoms with Gasteiger partial charge in [0.25, 0.3) is 0 Å². The molecular formula is C18H21N5O3S. The quantitative estimate of drug-likeness (QED) is 0.438. The van der Waals surface area contributed by atoms with Crippen LogP contribution >= 0.6 is 0 Å². The topological polar surface area (TPSA) is 120 Å². The Morgan fingerprint density at radius 1 is 1.04 bits per heavy atom. The number of aliphatic hydroxyl groups excluding tert-OH is 1. The number of aromatic amines is 1. The Morgan fingerprint density at radius 2 is 1.78 bits per heavy atom. The molecule has 3 aromatic rings. The predicted octanol–water partition coefficient (Wildman–Crippen LogP) is 2.48. The van der Waals surface area contributed by atoms with E-state index >= 15 is 0 Å². The monoisotopic (exact) mass is 387 g/mol. The average molecular weight is 387 g/mol. The lowest BCUT2D eigenvalue weighted by Crippen LogP contribution is -2.09. The molecule has 0 atom stereocenters. The highest BCUT2D eigenvalue weighted by Crippen LogP contribution is 2.26. The van der Waals surface area contributed by atoms with E-state index in [1.807, 2.05) is 6.92 Å². The molecule has 0 saturated heterocycles. The first-order valence-corrected chi connectivity index (χ1v) is 9.93. The molecule has 0 amide bonds. The summed E-state index contributed by atoms with van der Waals surface area (Å²) >= 11 is 0. The van der Waals surface area contributed by atoms with Crippen molar-refractivity contribution in [1.82, 2.24) is 15.2 Å². The summed E-state index contributed by atoms with van der Waals surface area (Å²) in [5.74, 6) is 1.29. The maximum absolute atomic E-state index is 13.0. The fourth-order valence-electron chi connectivity index (χ4n) is 2.46. The van der Waals surface area contributed by atoms with Gasteiger partial charge in [0.05, 0.1) is 9.79 Å². The fourth-order valence-corrected chi connectivity index (χ4v) is 3.78. The summed E-state index contributed by atoms with van der Waals surface area (Å²) in [7, 11) is -3.70. The van der Waals surface area contributed by atoms with Crippen LogP contribution in [0.3, 0.4) is 0 Å². The summed E-state index contributed by atoms with van der Waals surface area (Å²) in [4.78, 5) is 4.72. The second kappa shape index (κ2) is 8.19. The van der Waals surface area contributed by atoms with Crippen molar-refractivity contribution in [3.63, 3.8) is 0 Å². The van der Waals surface area contributed by atoms with Crippen molar-refractivity contribution < 1.29 is 13.5 Å². The first-order chi connectivity index (χ1) is 13.0. The largest absolute Gasteiger partial charge is 0.396 e. The minimum atomic E-state index is -3.70. The van der Waals surface area contributed by atoms with Gasteiger partial charge in [0.1, 0.15) is 11.6 Å². The third kappa shape index (κ3) is 4.63. The van der Waals surface area contributed by atoms with Crippen molar-refractivity contribution in [2.45, 2.75) is 23.1 Å². The van der Waals surface area contributed by atoms with Crippen molar-refractivity contribution in [2.24, 2.45) is 0 Å². The van der Waals surface area contributed by atoms with Gasteiger partial charge in [-0.25, -0.2) is 13.4 Å². The van der Waals surface area contributed by atoms with Crippen molar-refractivity contribution in [3.8, 4) is 0 Å². The number of rotatable bonds is 8. The predicted molar refractivity (Wildman–Crippen MR) is 103 cm³/mol. The Morgan fingerprint density at radius 3 is 2.44 bits per heavy atom. The van der Waals surface area contributed by atoms with E-state index in [1.54, 1.807) is 36.4 Å². The molecule has 8 nitrogen and oxygen atoms in total. The van der Waals surface area contributed by atoms with Gasteiger partial charge in [0.15, 0.2) is 5.82 Å². The highest BCUT2D eigenvalue weighted by Gasteiger charge is 2.20. The average Bonchev–Trinajstić information content (AvgIpc) is 3.07. The molecule has 2 heterocycles. The first-order valence-electron chi connectivity index (χ1n) is 8.45. The molecule has 27 heavy (non-hydrogen) atoms. The van der Waals surface area contributed by atoms with E-state index in [4.69, 9.17) is 5.11 Å². The van der Waals surface area contributed by atoms with Crippen molar-refractivity contribution in [3.05, 3.63) is 54.2 Å². The van der Waals surface area contributed by atoms with Crippen LogP contribution in [0.5, 0.6) is 0 Å². The van der Waals surface area contributed by atoms with Crippen LogP contribution in [0, 0.1) is 6.92 Å². The Balaban J connectivity index is 1.98. The number of pyridine rings is 1. The van der Waals surface area contributed by atoms with Crippen LogP contribution in [0.4, 0.5) is 17.5 Å². The second-order valence-corrected chi connectivity index (χ2v) is 7.90. The molecule has 0 unspecified atom stereocenters. The molecule has 9 heteroatoms. The summed E-state index contributed by atoms with van der Waals surface area (Å²) in [5, 5.41) is 21.9. The van der Waals surface area contributed by atoms with Crippen LogP contribution in [-0.4, -0.2) is 41.9 Å². The molecule has 0 aliphatic rings. The molecule has 0 bridgehead atoms. The molecule has 2 aromatic heterocycles. The highest BCUT2D eigenvalue weighted by molar-refractivity contribution is 7.91. The third-order valence-electron chi connectivity index (χ3n) is 3.77. The standard InChI is InChI=1S/C18H21N5O3S/c1-13-10-18(23-22-13)21-17-12-15(11-16(20-17)19-8-5-9-24)27(25,26)14-6-3-2-4-7-14/h2-4,6-7,10-12,24H,5,8-9H2,1H3,(H3,19,20,21,22,23). The molecule has 0 spiro atoms. The van der Waals surface area contributed by atoms with Gasteiger partial charge in [0, 0.05) is 31.0 Å². The van der Waals surface area contributed by atoms with Gasteiger partial charge in [-0.05, 0) is 31.5 Å². The minimum absolute atomic E-state index is 0.0344. The molecule has 0 radical (unpaired) electrons. The lowest BCUT2D eigenvalue weighted by atomic mass is 10.4. The van der Waals surface area contributed by atoms with E-state index in [2.05, 4.69) is 25.8 Å². The maximum atomic E-state index is 13.0. The Kier molecular flexibility index (Phi) is 5.72. The summed E-state index contributed by atoms with van der Waals surface area (Å²) in [6.45, 7) is 2.37. The van der Waals surface area contributed by atoms with Crippen LogP contribution in [0.25, 0.3) is 0 Å². The zero-order valence-corrected chi connectivity index (χ0v) is 15.6. The normalized spacial score (nSPS) is 11.3. The zero-order valence-electron chi connectivity index (χ0n) is 14.8. The van der Waals surface area contributed by atoms with Gasteiger partial charge in [-0.2, -0.15) is 5.10 Å². The summed E-state index contributed by atoms with van der Waals surface area (Å²) in [5.41, 5.74) is 0.867. The van der Waals surface area contributed by atoms with E-state index in [-0.39, 0.29) is 16.4 Å². The number of nitrogens with one attached hydrogen (secondary N) is 3. The van der Waals surface area contributed by atoms with Gasteiger partial charge in [-0.1, -0.05) is 18.2 Å². The zero-order chi connectivity index (χ0) is 19.3. The molecule has 142 valence electrons. The third-order valence-corrected chi connectivity index (χ3v) is 5.51. The molecule has 0 saturated carbocycles. The smallest absolute Gasteiger partial charge is 0.206 e. The number of hydrogen-bond donors (Lipinski definition) is 4. The van der Waals surface area contributed by atoms with E-state index in [0.29, 0.717) is 30.4 Å². The molecule has 4 N–H and O–H groups in total. The van der Waals surface area contributed by atoms with Gasteiger partial charge < -0.3 is 15.7 Å². The summed E-state index contributed by atoms with van der Waals surface area (Å²) < 4.78 is 26.0. The fraction of sp³-hybridized carbons (Fsp3) is 0.222. The van der Waals surface area contributed by atoms with Gasteiger partial charge >= 0.3 is 0 Å².